The first-order valence-corrected chi connectivity index (χ1v) is 10.6. The van der Waals surface area contributed by atoms with Gasteiger partial charge >= 0.3 is 12.4 Å². The quantitative estimate of drug-likeness (QED) is 0.199. The van der Waals surface area contributed by atoms with Crippen molar-refractivity contribution in [2.24, 2.45) is 0 Å². The van der Waals surface area contributed by atoms with Gasteiger partial charge in [-0.05, 0) is 12.8 Å². The SMILES string of the molecule is O=C(CC1=CCN(c2ncc(C(F)(F)F)cn2)CC1)NOCCCNc1cn[nH]c(=O)c1C(F)(F)F. The van der Waals surface area contributed by atoms with Crippen LogP contribution in [0, 0.1) is 0 Å². The molecule has 16 heteroatoms. The highest BCUT2D eigenvalue weighted by atomic mass is 19.4. The molecule has 0 radical (unpaired) electrons. The number of anilines is 2. The maximum absolute atomic E-state index is 13.0. The minimum absolute atomic E-state index is 0.00516. The van der Waals surface area contributed by atoms with Crippen LogP contribution in [0.5, 0.6) is 0 Å². The summed E-state index contributed by atoms with van der Waals surface area (Å²) in [6.45, 7) is 0.748. The van der Waals surface area contributed by atoms with Gasteiger partial charge in [-0.2, -0.15) is 31.4 Å². The zero-order chi connectivity index (χ0) is 26.3. The van der Waals surface area contributed by atoms with Crippen LogP contribution in [0.4, 0.5) is 38.0 Å². The van der Waals surface area contributed by atoms with Gasteiger partial charge in [-0.15, -0.1) is 0 Å². The van der Waals surface area contributed by atoms with Crippen LogP contribution in [0.1, 0.15) is 30.4 Å². The highest BCUT2D eigenvalue weighted by molar-refractivity contribution is 5.77. The Labute approximate surface area is 199 Å². The van der Waals surface area contributed by atoms with Gasteiger partial charge in [0.05, 0.1) is 24.1 Å². The molecule has 0 aromatic carbocycles. The maximum atomic E-state index is 13.0. The number of nitrogens with one attached hydrogen (secondary N) is 3. The van der Waals surface area contributed by atoms with Crippen molar-refractivity contribution in [1.82, 2.24) is 25.6 Å². The Kier molecular flexibility index (Phi) is 8.49. The van der Waals surface area contributed by atoms with Crippen molar-refractivity contribution in [3.63, 3.8) is 0 Å². The second kappa shape index (κ2) is 11.4. The largest absolute Gasteiger partial charge is 0.423 e. The van der Waals surface area contributed by atoms with Gasteiger partial charge in [0.2, 0.25) is 11.9 Å². The van der Waals surface area contributed by atoms with Gasteiger partial charge in [0.1, 0.15) is 5.56 Å². The van der Waals surface area contributed by atoms with E-state index in [0.717, 1.165) is 11.8 Å². The van der Waals surface area contributed by atoms with Crippen LogP contribution >= 0.6 is 0 Å². The first-order chi connectivity index (χ1) is 16.9. The summed E-state index contributed by atoms with van der Waals surface area (Å²) in [6.07, 6.45) is -4.61. The lowest BCUT2D eigenvalue weighted by molar-refractivity contribution is -0.139. The van der Waals surface area contributed by atoms with E-state index in [2.05, 4.69) is 25.9 Å². The molecule has 0 aliphatic carbocycles. The molecule has 196 valence electrons. The summed E-state index contributed by atoms with van der Waals surface area (Å²) < 4.78 is 76.8. The summed E-state index contributed by atoms with van der Waals surface area (Å²) >= 11 is 0. The van der Waals surface area contributed by atoms with Crippen LogP contribution in [-0.2, 0) is 22.0 Å². The van der Waals surface area contributed by atoms with Crippen molar-refractivity contribution in [3.05, 3.63) is 51.7 Å². The summed E-state index contributed by atoms with van der Waals surface area (Å²) in [6, 6.07) is 0. The zero-order valence-electron chi connectivity index (χ0n) is 18.5. The third-order valence-electron chi connectivity index (χ3n) is 5.00. The van der Waals surface area contributed by atoms with E-state index in [0.29, 0.717) is 31.9 Å². The van der Waals surface area contributed by atoms with Crippen LogP contribution in [0.2, 0.25) is 0 Å². The van der Waals surface area contributed by atoms with E-state index in [9.17, 15) is 35.9 Å². The standard InChI is InChI=1S/C20H21F6N7O3/c21-19(22,23)13-9-28-18(29-10-13)33-5-2-12(3-6-33)8-15(34)32-36-7-1-4-27-14-11-30-31-17(35)16(14)20(24,25)26/h2,9-11H,1,3-8H2,(H,32,34)(H2,27,31,35). The van der Waals surface area contributed by atoms with Gasteiger partial charge in [0.25, 0.3) is 5.56 Å². The number of alkyl halides is 6. The number of carbonyl (C=O) groups excluding carboxylic acids is 1. The average molecular weight is 521 g/mol. The molecule has 3 rings (SSSR count). The Hall–Kier alpha value is -3.69. The van der Waals surface area contributed by atoms with Crippen molar-refractivity contribution >= 4 is 17.5 Å². The molecule has 0 saturated carbocycles. The molecule has 3 N–H and O–H groups in total. The number of aromatic nitrogens is 4. The van der Waals surface area contributed by atoms with E-state index >= 15 is 0 Å². The molecule has 0 unspecified atom stereocenters. The Morgan fingerprint density at radius 1 is 1.11 bits per heavy atom. The fraction of sp³-hybridized carbons (Fsp3) is 0.450. The number of hydrogen-bond donors (Lipinski definition) is 3. The number of halogens is 6. The summed E-state index contributed by atoms with van der Waals surface area (Å²) in [5, 5.41) is 7.54. The summed E-state index contributed by atoms with van der Waals surface area (Å²) in [7, 11) is 0. The number of aromatic amines is 1. The van der Waals surface area contributed by atoms with Gasteiger partial charge in [-0.25, -0.2) is 20.5 Å². The Balaban J connectivity index is 1.36. The number of rotatable bonds is 9. The third-order valence-corrected chi connectivity index (χ3v) is 5.00. The van der Waals surface area contributed by atoms with Crippen LogP contribution in [-0.4, -0.2) is 52.3 Å². The number of carbonyl (C=O) groups is 1. The van der Waals surface area contributed by atoms with Crippen LogP contribution in [0.3, 0.4) is 0 Å². The predicted octanol–water partition coefficient (Wildman–Crippen LogP) is 2.67. The van der Waals surface area contributed by atoms with E-state index < -0.39 is 40.6 Å². The number of amides is 1. The number of H-pyrrole nitrogens is 1. The van der Waals surface area contributed by atoms with E-state index in [1.165, 1.54) is 0 Å². The molecule has 0 saturated heterocycles. The van der Waals surface area contributed by atoms with Gasteiger partial charge in [0, 0.05) is 38.4 Å². The lowest BCUT2D eigenvalue weighted by atomic mass is 10.0. The van der Waals surface area contributed by atoms with Crippen molar-refractivity contribution in [2.75, 3.05) is 36.5 Å². The maximum Gasteiger partial charge on any atom is 0.423 e. The van der Waals surface area contributed by atoms with E-state index in [-0.39, 0.29) is 31.9 Å². The molecule has 2 aromatic heterocycles. The van der Waals surface area contributed by atoms with Crippen LogP contribution < -0.4 is 21.3 Å². The van der Waals surface area contributed by atoms with E-state index in [1.54, 1.807) is 16.1 Å². The fourth-order valence-electron chi connectivity index (χ4n) is 3.24. The molecular weight excluding hydrogens is 500 g/mol. The average Bonchev–Trinajstić information content (AvgIpc) is 2.80. The lowest BCUT2D eigenvalue weighted by Gasteiger charge is -2.26. The molecule has 2 aromatic rings. The monoisotopic (exact) mass is 521 g/mol. The molecule has 0 fully saturated rings. The van der Waals surface area contributed by atoms with Crippen molar-refractivity contribution < 1.29 is 36.0 Å². The molecule has 0 bridgehead atoms. The highest BCUT2D eigenvalue weighted by Gasteiger charge is 2.37. The Bertz CT molecular complexity index is 1130. The first-order valence-electron chi connectivity index (χ1n) is 10.6. The number of nitrogens with zero attached hydrogens (tertiary/aromatic N) is 4. The second-order valence-corrected chi connectivity index (χ2v) is 7.64. The summed E-state index contributed by atoms with van der Waals surface area (Å²) in [4.78, 5) is 37.6. The highest BCUT2D eigenvalue weighted by Crippen LogP contribution is 2.31. The summed E-state index contributed by atoms with van der Waals surface area (Å²) in [5.74, 6) is -0.287. The molecule has 36 heavy (non-hydrogen) atoms. The van der Waals surface area contributed by atoms with E-state index in [4.69, 9.17) is 4.84 Å². The minimum atomic E-state index is -4.85. The molecule has 1 aliphatic rings. The van der Waals surface area contributed by atoms with Crippen molar-refractivity contribution in [3.8, 4) is 0 Å². The summed E-state index contributed by atoms with van der Waals surface area (Å²) in [5.41, 5.74) is -1.11. The van der Waals surface area contributed by atoms with Gasteiger partial charge < -0.3 is 10.2 Å². The second-order valence-electron chi connectivity index (χ2n) is 7.64. The Morgan fingerprint density at radius 2 is 1.83 bits per heavy atom. The molecule has 3 heterocycles. The number of hydroxylamine groups is 1. The minimum Gasteiger partial charge on any atom is -0.383 e. The van der Waals surface area contributed by atoms with Crippen LogP contribution in [0.15, 0.2) is 35.0 Å². The molecule has 0 atom stereocenters. The topological polar surface area (TPSA) is 125 Å². The predicted molar refractivity (Wildman–Crippen MR) is 114 cm³/mol. The smallest absolute Gasteiger partial charge is 0.383 e. The van der Waals surface area contributed by atoms with Crippen LogP contribution in [0.25, 0.3) is 0 Å². The van der Waals surface area contributed by atoms with Gasteiger partial charge in [-0.1, -0.05) is 11.6 Å². The van der Waals surface area contributed by atoms with Gasteiger partial charge in [0.15, 0.2) is 0 Å². The Morgan fingerprint density at radius 3 is 2.44 bits per heavy atom. The molecule has 1 amide bonds. The molecular formula is C20H21F6N7O3. The van der Waals surface area contributed by atoms with Crippen molar-refractivity contribution in [1.29, 1.82) is 0 Å². The molecule has 0 spiro atoms. The lowest BCUT2D eigenvalue weighted by Crippen LogP contribution is -2.32. The fourth-order valence-corrected chi connectivity index (χ4v) is 3.24. The van der Waals surface area contributed by atoms with Gasteiger partial charge in [-0.3, -0.25) is 14.4 Å². The normalized spacial score (nSPS) is 14.4. The van der Waals surface area contributed by atoms with E-state index in [1.807, 2.05) is 0 Å². The zero-order valence-corrected chi connectivity index (χ0v) is 18.5. The molecule has 1 aliphatic heterocycles. The molecule has 10 nitrogen and oxygen atoms in total. The third kappa shape index (κ3) is 7.40. The number of hydrogen-bond acceptors (Lipinski definition) is 8. The van der Waals surface area contributed by atoms with Crippen molar-refractivity contribution in [2.45, 2.75) is 31.6 Å². The first kappa shape index (κ1) is 26.9.